The average Bonchev–Trinajstić information content (AvgIpc) is 3.35. The van der Waals surface area contributed by atoms with Crippen LogP contribution >= 0.6 is 27.3 Å². The van der Waals surface area contributed by atoms with Crippen LogP contribution in [0.4, 0.5) is 105 Å². The molecule has 1 aromatic heterocycles. The maximum atomic E-state index is 8.00. The smallest absolute Gasteiger partial charge is 0.159 e. The number of rotatable bonds is 0. The van der Waals surface area contributed by atoms with E-state index in [0.717, 1.165) is 23.4 Å². The minimum absolute atomic E-state index is 0. The minimum Gasteiger partial charge on any atom is -0.301 e. The third-order valence-corrected chi connectivity index (χ3v) is 3.43. The predicted octanol–water partition coefficient (Wildman–Crippen LogP) is 11.3. The summed E-state index contributed by atoms with van der Waals surface area (Å²) >= 11 is 5.16. The molecule has 2 rings (SSSR count). The van der Waals surface area contributed by atoms with Crippen molar-refractivity contribution >= 4 is 27.3 Å². The fourth-order valence-electron chi connectivity index (χ4n) is 1.29. The molecule has 0 radical (unpaired) electrons. The van der Waals surface area contributed by atoms with Gasteiger partial charge >= 0.3 is 0 Å². The van der Waals surface area contributed by atoms with Gasteiger partial charge in [-0.15, -0.1) is 11.3 Å². The van der Waals surface area contributed by atoms with Gasteiger partial charge in [0.2, 0.25) is 0 Å². The van der Waals surface area contributed by atoms with Crippen molar-refractivity contribution in [2.75, 3.05) is 13.6 Å². The van der Waals surface area contributed by atoms with Gasteiger partial charge in [0, 0.05) is 125 Å². The Morgan fingerprint density at radius 2 is 0.882 bits per heavy atom. The molecule has 2 heterocycles. The summed E-state index contributed by atoms with van der Waals surface area (Å²) in [6.45, 7) is 2.21. The van der Waals surface area contributed by atoms with Gasteiger partial charge in [-0.05, 0) is 23.0 Å². The summed E-state index contributed by atoms with van der Waals surface area (Å²) in [4.78, 5) is 8.14. The highest BCUT2D eigenvalue weighted by Gasteiger charge is 2.16. The zero-order chi connectivity index (χ0) is 29.8. The summed E-state index contributed by atoms with van der Waals surface area (Å²) < 4.78 is 177. The van der Waals surface area contributed by atoms with Crippen molar-refractivity contribution in [3.05, 3.63) is 14.5 Å². The molecule has 0 fully saturated rings. The van der Waals surface area contributed by atoms with E-state index in [1.807, 2.05) is 0 Å². The van der Waals surface area contributed by atoms with Crippen LogP contribution in [0, 0.1) is 0 Å². The van der Waals surface area contributed by atoms with Crippen molar-refractivity contribution in [3.63, 3.8) is 0 Å². The summed E-state index contributed by atoms with van der Waals surface area (Å²) in [5.74, 6) is 0. The Hall–Kier alpha value is -1.54. The average molecular weight is 671 g/mol. The summed E-state index contributed by atoms with van der Waals surface area (Å²) in [6, 6.07) is 0. The maximum absolute atomic E-state index is 8.00. The molecule has 0 spiro atoms. The monoisotopic (exact) mass is 670 g/mol. The molecule has 0 bridgehead atoms. The fourth-order valence-corrected chi connectivity index (χ4v) is 3.00. The fraction of sp³-hybridized carbons (Fsp3) is 0.571. The van der Waals surface area contributed by atoms with E-state index >= 15 is 0 Å². The van der Waals surface area contributed by atoms with Gasteiger partial charge in [0.15, 0.2) is 3.92 Å². The number of likely N-dealkylation sites (N-methyl/N-ethyl adjacent to an activating group) is 1. The molecule has 0 amide bonds. The molecule has 0 aromatic carbocycles. The van der Waals surface area contributed by atoms with Crippen molar-refractivity contribution in [1.29, 1.82) is 0 Å². The van der Waals surface area contributed by atoms with Gasteiger partial charge < -0.3 is 4.90 Å². The van der Waals surface area contributed by atoms with Crippen LogP contribution in [0.3, 0.4) is 0 Å². The van der Waals surface area contributed by atoms with E-state index in [0.29, 0.717) is 0 Å². The molecule has 34 heavy (non-hydrogen) atoms. The van der Waals surface area contributed by atoms with Crippen molar-refractivity contribution < 1.29 is 105 Å². The molecule has 0 saturated carbocycles. The van der Waals surface area contributed by atoms with Crippen molar-refractivity contribution in [2.24, 2.45) is 0 Å². The van der Waals surface area contributed by atoms with E-state index < -0.39 is 0 Å². The first-order valence-electron chi connectivity index (χ1n) is 5.15. The lowest BCUT2D eigenvalue weighted by Crippen LogP contribution is -2.25. The molecule has 2 nitrogen and oxygen atoms in total. The molecule has 27 heteroatoms. The Bertz CT molecular complexity index is 302. The molecule has 0 atom stereocenters. The van der Waals surface area contributed by atoms with Gasteiger partial charge in [-0.2, -0.15) is 0 Å². The third kappa shape index (κ3) is 69.8. The first kappa shape index (κ1) is 69.8. The molecular weight excluding hydrogens is 661 g/mol. The lowest BCUT2D eigenvalue weighted by Gasteiger charge is -2.20. The predicted molar refractivity (Wildman–Crippen MR) is 76.7 cm³/mol. The van der Waals surface area contributed by atoms with Crippen LogP contribution in [0.25, 0.3) is 0 Å². The lowest BCUT2D eigenvalue weighted by atomic mass is 10.2. The molecular formula is C7H10BrF23N2S. The van der Waals surface area contributed by atoms with Crippen LogP contribution < -0.4 is 0 Å². The first-order chi connectivity index (χ1) is 16.3. The summed E-state index contributed by atoms with van der Waals surface area (Å²) in [5, 5.41) is 0. The Morgan fingerprint density at radius 1 is 0.618 bits per heavy atom. The summed E-state index contributed by atoms with van der Waals surface area (Å²) in [5.41, 5.74) is 1.29. The molecule has 0 saturated heterocycles. The third-order valence-electron chi connectivity index (χ3n) is 1.90. The Kier molecular flexibility index (Phi) is 251. The molecule has 1 aliphatic rings. The molecule has 1 aromatic rings. The summed E-state index contributed by atoms with van der Waals surface area (Å²) in [6.07, 6.45) is 1.11. The second-order valence-corrected chi connectivity index (χ2v) is 5.18. The van der Waals surface area contributed by atoms with Gasteiger partial charge in [-0.1, -0.05) is 0 Å². The molecule has 0 N–H and O–H groups in total. The maximum Gasteiger partial charge on any atom is 0.159 e. The number of hydrogen-bond donors (Lipinski definition) is 0. The van der Waals surface area contributed by atoms with E-state index in [9.17, 15) is 0 Å². The number of nitrogens with zero attached hydrogens (tertiary/aromatic N) is 2. The van der Waals surface area contributed by atoms with Gasteiger partial charge in [0.25, 0.3) is 0 Å². The zero-order valence-electron chi connectivity index (χ0n) is 15.0. The number of halogens is 24. The highest BCUT2D eigenvalue weighted by atomic mass is 79.9. The topological polar surface area (TPSA) is 16.1 Å². The van der Waals surface area contributed by atoms with E-state index in [2.05, 4.69) is 32.9 Å². The number of fused-ring (bicyclic) bond motifs is 1. The van der Waals surface area contributed by atoms with E-state index in [-0.39, 0.29) is 4.70 Å². The van der Waals surface area contributed by atoms with Gasteiger partial charge in [-0.3, -0.25) is 4.70 Å². The number of thiazole rings is 1. The SMILES string of the molecule is CN1CCc2nc(Br)sc2C1.F.FF.FF.FF.FF.FF.FF.FF.FF.FF.FF.FF. The van der Waals surface area contributed by atoms with Gasteiger partial charge in [0.05, 0.1) is 5.69 Å². The molecule has 0 aliphatic carbocycles. The Morgan fingerprint density at radius 3 is 1.15 bits per heavy atom. The highest BCUT2D eigenvalue weighted by Crippen LogP contribution is 2.27. The summed E-state index contributed by atoms with van der Waals surface area (Å²) in [7, 11) is 2.15. The Balaban J connectivity index is -0.0000000221. The Labute approximate surface area is 184 Å². The molecule has 222 valence electrons. The molecule has 1 aliphatic heterocycles. The van der Waals surface area contributed by atoms with Crippen molar-refractivity contribution in [3.8, 4) is 0 Å². The van der Waals surface area contributed by atoms with Crippen LogP contribution in [0.15, 0.2) is 3.92 Å². The van der Waals surface area contributed by atoms with E-state index in [1.165, 1.54) is 10.6 Å². The normalized spacial score (nSPS) is 7.88. The van der Waals surface area contributed by atoms with Gasteiger partial charge in [-0.25, -0.2) is 4.98 Å². The van der Waals surface area contributed by atoms with Crippen LogP contribution in [0.2, 0.25) is 0 Å². The quantitative estimate of drug-likeness (QED) is 0.255. The van der Waals surface area contributed by atoms with E-state index in [1.54, 1.807) is 11.3 Å². The standard InChI is InChI=1S/C7H9BrN2S.11F2.FH/c1-10-3-2-5-6(4-10)11-7(8)9-5;11*1-2;/h2-4H2,1H3;;;;;;;;;;;;1H. The van der Waals surface area contributed by atoms with Crippen LogP contribution in [0.5, 0.6) is 0 Å². The van der Waals surface area contributed by atoms with Crippen molar-refractivity contribution in [2.45, 2.75) is 13.0 Å². The second-order valence-electron chi connectivity index (χ2n) is 2.82. The van der Waals surface area contributed by atoms with Crippen LogP contribution in [-0.4, -0.2) is 23.5 Å². The lowest BCUT2D eigenvalue weighted by molar-refractivity contribution is 0.108. The number of hydrogen-bond acceptors (Lipinski definition) is 3. The highest BCUT2D eigenvalue weighted by molar-refractivity contribution is 9.11. The van der Waals surface area contributed by atoms with Gasteiger partial charge in [0.1, 0.15) is 0 Å². The second kappa shape index (κ2) is 122. The van der Waals surface area contributed by atoms with Crippen LogP contribution in [0.1, 0.15) is 10.6 Å². The largest absolute Gasteiger partial charge is 0.301 e. The number of aromatic nitrogens is 1. The van der Waals surface area contributed by atoms with Crippen molar-refractivity contribution in [1.82, 2.24) is 9.88 Å². The molecule has 0 unspecified atom stereocenters. The first-order valence-corrected chi connectivity index (χ1v) is 6.76. The minimum atomic E-state index is 0. The zero-order valence-corrected chi connectivity index (χ0v) is 17.4. The van der Waals surface area contributed by atoms with Crippen LogP contribution in [-0.2, 0) is 13.0 Å². The van der Waals surface area contributed by atoms with E-state index in [4.69, 9.17) is 101 Å².